The highest BCUT2D eigenvalue weighted by atomic mass is 16.5. The number of hydrogen-bond donors (Lipinski definition) is 1. The summed E-state index contributed by atoms with van der Waals surface area (Å²) >= 11 is 0. The van der Waals surface area contributed by atoms with E-state index in [1.165, 1.54) is 19.3 Å². The van der Waals surface area contributed by atoms with E-state index in [1.54, 1.807) is 18.7 Å². The smallest absolute Gasteiger partial charge is 0.290 e. The molecule has 1 fully saturated rings. The molecule has 2 aliphatic rings. The fraction of sp³-hybridized carbons (Fsp3) is 0.583. The lowest BCUT2D eigenvalue weighted by Gasteiger charge is -2.32. The first-order valence-corrected chi connectivity index (χ1v) is 11.2. The first kappa shape index (κ1) is 22.3. The number of nitrogens with zero attached hydrogens (tertiary/aromatic N) is 2. The van der Waals surface area contributed by atoms with E-state index in [1.807, 2.05) is 31.2 Å². The average molecular weight is 415 g/mol. The third-order valence-corrected chi connectivity index (χ3v) is 5.85. The van der Waals surface area contributed by atoms with Crippen molar-refractivity contribution >= 4 is 11.7 Å². The Morgan fingerprint density at radius 1 is 1.20 bits per heavy atom. The highest BCUT2D eigenvalue weighted by molar-refractivity contribution is 6.09. The lowest BCUT2D eigenvalue weighted by atomic mass is 9.91. The number of ketones is 1. The second-order valence-electron chi connectivity index (χ2n) is 8.51. The number of amides is 1. The maximum Gasteiger partial charge on any atom is 0.290 e. The van der Waals surface area contributed by atoms with Crippen LogP contribution in [0.15, 0.2) is 35.6 Å². The van der Waals surface area contributed by atoms with Crippen LogP contribution in [0.1, 0.15) is 58.1 Å². The molecule has 6 heteroatoms. The summed E-state index contributed by atoms with van der Waals surface area (Å²) in [7, 11) is 0. The summed E-state index contributed by atoms with van der Waals surface area (Å²) < 4.78 is 5.77. The van der Waals surface area contributed by atoms with Gasteiger partial charge in [0.05, 0.1) is 18.2 Å². The van der Waals surface area contributed by atoms with Gasteiger partial charge in [0.15, 0.2) is 11.5 Å². The van der Waals surface area contributed by atoms with Crippen LogP contribution in [0.25, 0.3) is 0 Å². The number of benzene rings is 1. The van der Waals surface area contributed by atoms with E-state index in [0.717, 1.165) is 31.6 Å². The van der Waals surface area contributed by atoms with Crippen molar-refractivity contribution in [1.29, 1.82) is 0 Å². The molecule has 30 heavy (non-hydrogen) atoms. The molecule has 1 N–H and O–H groups in total. The molecule has 1 aromatic rings. The van der Waals surface area contributed by atoms with Gasteiger partial charge in [0, 0.05) is 19.0 Å². The van der Waals surface area contributed by atoms with E-state index in [2.05, 4.69) is 4.90 Å². The van der Waals surface area contributed by atoms with Gasteiger partial charge in [-0.1, -0.05) is 39.3 Å². The Kier molecular flexibility index (Phi) is 7.53. The molecule has 1 aromatic carbocycles. The molecule has 1 atom stereocenters. The zero-order valence-electron chi connectivity index (χ0n) is 18.4. The van der Waals surface area contributed by atoms with Crippen LogP contribution in [0.2, 0.25) is 0 Å². The Labute approximate surface area is 179 Å². The second-order valence-corrected chi connectivity index (χ2v) is 8.51. The molecule has 0 spiro atoms. The number of hydrogen-bond acceptors (Lipinski definition) is 5. The fourth-order valence-corrected chi connectivity index (χ4v) is 4.22. The van der Waals surface area contributed by atoms with Gasteiger partial charge in [0.25, 0.3) is 5.91 Å². The molecule has 1 unspecified atom stereocenters. The van der Waals surface area contributed by atoms with Crippen LogP contribution in [0, 0.1) is 5.92 Å². The predicted octanol–water partition coefficient (Wildman–Crippen LogP) is 3.88. The first-order chi connectivity index (χ1) is 14.4. The summed E-state index contributed by atoms with van der Waals surface area (Å²) in [5.41, 5.74) is 1.00. The molecular weight excluding hydrogens is 380 g/mol. The van der Waals surface area contributed by atoms with Gasteiger partial charge in [0.1, 0.15) is 5.75 Å². The maximum absolute atomic E-state index is 13.0. The van der Waals surface area contributed by atoms with Crippen LogP contribution in [0.4, 0.5) is 0 Å². The fourth-order valence-electron chi connectivity index (χ4n) is 4.22. The summed E-state index contributed by atoms with van der Waals surface area (Å²) in [6, 6.07) is 6.95. The number of carbonyl (C=O) groups excluding carboxylic acids is 2. The van der Waals surface area contributed by atoms with Crippen molar-refractivity contribution in [3.05, 3.63) is 41.2 Å². The first-order valence-electron chi connectivity index (χ1n) is 11.2. The normalized spacial score (nSPS) is 20.3. The highest BCUT2D eigenvalue weighted by Crippen LogP contribution is 2.39. The molecule has 2 heterocycles. The van der Waals surface area contributed by atoms with Crippen molar-refractivity contribution in [3.8, 4) is 5.75 Å². The number of carbonyl (C=O) groups is 2. The van der Waals surface area contributed by atoms with Crippen molar-refractivity contribution in [2.75, 3.05) is 32.8 Å². The summed E-state index contributed by atoms with van der Waals surface area (Å²) in [4.78, 5) is 29.9. The Balaban J connectivity index is 1.91. The van der Waals surface area contributed by atoms with Crippen molar-refractivity contribution < 1.29 is 19.4 Å². The Hall–Kier alpha value is -2.34. The van der Waals surface area contributed by atoms with Crippen molar-refractivity contribution in [3.63, 3.8) is 0 Å². The zero-order chi connectivity index (χ0) is 21.7. The van der Waals surface area contributed by atoms with Crippen LogP contribution in [0.5, 0.6) is 5.75 Å². The number of Topliss-reactive ketones (excluding diaryl/α,β-unsaturated/α-hetero) is 1. The Bertz CT molecular complexity index is 796. The van der Waals surface area contributed by atoms with E-state index in [-0.39, 0.29) is 17.3 Å². The van der Waals surface area contributed by atoms with Crippen LogP contribution in [-0.2, 0) is 9.59 Å². The van der Waals surface area contributed by atoms with Gasteiger partial charge >= 0.3 is 0 Å². The predicted molar refractivity (Wildman–Crippen MR) is 116 cm³/mol. The molecular formula is C24H34N2O4. The van der Waals surface area contributed by atoms with Gasteiger partial charge in [-0.15, -0.1) is 0 Å². The van der Waals surface area contributed by atoms with Crippen LogP contribution >= 0.6 is 0 Å². The maximum atomic E-state index is 13.0. The van der Waals surface area contributed by atoms with Crippen LogP contribution < -0.4 is 4.74 Å². The third-order valence-electron chi connectivity index (χ3n) is 5.85. The van der Waals surface area contributed by atoms with Crippen LogP contribution in [-0.4, -0.2) is 59.4 Å². The Morgan fingerprint density at radius 3 is 2.60 bits per heavy atom. The molecule has 3 rings (SSSR count). The van der Waals surface area contributed by atoms with Gasteiger partial charge < -0.3 is 19.6 Å². The van der Waals surface area contributed by atoms with E-state index >= 15 is 0 Å². The molecule has 0 bridgehead atoms. The van der Waals surface area contributed by atoms with Crippen LogP contribution in [0.3, 0.4) is 0 Å². The number of piperidine rings is 1. The van der Waals surface area contributed by atoms with Gasteiger partial charge in [0.2, 0.25) is 0 Å². The number of likely N-dealkylation sites (tertiary alicyclic amines) is 1. The SMILES string of the molecule is CCCOc1cccc(C2C(C(=O)C(C)C)=C(O)C(=O)N2CCN2CCCCC2)c1. The minimum Gasteiger partial charge on any atom is -0.503 e. The Morgan fingerprint density at radius 2 is 1.93 bits per heavy atom. The molecule has 1 amide bonds. The summed E-state index contributed by atoms with van der Waals surface area (Å²) in [6.45, 7) is 9.51. The van der Waals surface area contributed by atoms with Crippen molar-refractivity contribution in [2.24, 2.45) is 5.92 Å². The summed E-state index contributed by atoms with van der Waals surface area (Å²) in [5.74, 6) is -0.649. The van der Waals surface area contributed by atoms with E-state index in [9.17, 15) is 14.7 Å². The molecule has 0 aromatic heterocycles. The van der Waals surface area contributed by atoms with Gasteiger partial charge in [-0.3, -0.25) is 9.59 Å². The van der Waals surface area contributed by atoms with Gasteiger partial charge in [-0.25, -0.2) is 0 Å². The number of aliphatic hydroxyl groups excluding tert-OH is 1. The van der Waals surface area contributed by atoms with Gasteiger partial charge in [-0.05, 0) is 50.0 Å². The minimum atomic E-state index is -0.581. The molecule has 2 aliphatic heterocycles. The second kappa shape index (κ2) is 10.1. The molecule has 0 radical (unpaired) electrons. The van der Waals surface area contributed by atoms with E-state index in [4.69, 9.17) is 4.74 Å². The molecule has 6 nitrogen and oxygen atoms in total. The van der Waals surface area contributed by atoms with Crippen molar-refractivity contribution in [2.45, 2.75) is 52.5 Å². The summed E-state index contributed by atoms with van der Waals surface area (Å²) in [6.07, 6.45) is 4.50. The number of ether oxygens (including phenoxy) is 1. The lowest BCUT2D eigenvalue weighted by molar-refractivity contribution is -0.129. The third kappa shape index (κ3) is 4.86. The standard InChI is InChI=1S/C24H34N2O4/c1-4-15-30-19-10-8-9-18(16-19)21-20(22(27)17(2)3)23(28)24(29)26(21)14-13-25-11-6-5-7-12-25/h8-10,16-17,21,28H,4-7,11-15H2,1-3H3. The molecule has 164 valence electrons. The molecule has 1 saturated heterocycles. The monoisotopic (exact) mass is 414 g/mol. The van der Waals surface area contributed by atoms with E-state index < -0.39 is 17.7 Å². The largest absolute Gasteiger partial charge is 0.503 e. The number of rotatable bonds is 9. The highest BCUT2D eigenvalue weighted by Gasteiger charge is 2.44. The quantitative estimate of drug-likeness (QED) is 0.664. The number of aliphatic hydroxyl groups is 1. The lowest BCUT2D eigenvalue weighted by Crippen LogP contribution is -2.40. The van der Waals surface area contributed by atoms with Gasteiger partial charge in [-0.2, -0.15) is 0 Å². The topological polar surface area (TPSA) is 70.1 Å². The zero-order valence-corrected chi connectivity index (χ0v) is 18.4. The molecule has 0 saturated carbocycles. The summed E-state index contributed by atoms with van der Waals surface area (Å²) in [5, 5.41) is 10.6. The van der Waals surface area contributed by atoms with Crippen molar-refractivity contribution in [1.82, 2.24) is 9.80 Å². The minimum absolute atomic E-state index is 0.189. The average Bonchev–Trinajstić information content (AvgIpc) is 3.01. The van der Waals surface area contributed by atoms with E-state index in [0.29, 0.717) is 18.9 Å². The molecule has 0 aliphatic carbocycles.